The zero-order chi connectivity index (χ0) is 45.0. The topological polar surface area (TPSA) is 210 Å². The van der Waals surface area contributed by atoms with E-state index < -0.39 is 75.7 Å². The van der Waals surface area contributed by atoms with Crippen LogP contribution in [0.1, 0.15) is 232 Å². The Balaban J connectivity index is 2.40. The van der Waals surface area contributed by atoms with Crippen LogP contribution in [0.15, 0.2) is 0 Å². The molecule has 0 spiro atoms. The molecule has 1 aliphatic carbocycles. The number of unbranched alkanes of at least 4 members (excludes halogenated alkanes) is 30. The predicted octanol–water partition coefficient (Wildman–Crippen LogP) is 10.1. The number of rotatable bonds is 42. The van der Waals surface area contributed by atoms with E-state index in [1.807, 2.05) is 0 Å². The molecule has 0 bridgehead atoms. The van der Waals surface area contributed by atoms with Crippen LogP contribution < -0.4 is 0 Å². The van der Waals surface area contributed by atoms with Crippen molar-refractivity contribution < 1.29 is 63.1 Å². The lowest BCUT2D eigenvalue weighted by molar-refractivity contribution is -0.220. The average Bonchev–Trinajstić information content (AvgIpc) is 3.24. The van der Waals surface area contributed by atoms with E-state index in [0.29, 0.717) is 12.8 Å². The van der Waals surface area contributed by atoms with Crippen molar-refractivity contribution >= 4 is 19.8 Å². The highest BCUT2D eigenvalue weighted by Crippen LogP contribution is 2.47. The van der Waals surface area contributed by atoms with Crippen LogP contribution in [0.4, 0.5) is 0 Å². The summed E-state index contributed by atoms with van der Waals surface area (Å²) < 4.78 is 33.6. The van der Waals surface area contributed by atoms with E-state index in [2.05, 4.69) is 13.8 Å². The Bertz CT molecular complexity index is 1080. The van der Waals surface area contributed by atoms with Crippen LogP contribution in [0.25, 0.3) is 0 Å². The molecule has 0 heterocycles. The number of ether oxygens (including phenoxy) is 2. The molecule has 0 aliphatic heterocycles. The lowest BCUT2D eigenvalue weighted by Crippen LogP contribution is -2.64. The van der Waals surface area contributed by atoms with Crippen LogP contribution in [0.3, 0.4) is 0 Å². The third-order valence-electron chi connectivity index (χ3n) is 11.9. The van der Waals surface area contributed by atoms with Crippen LogP contribution in [0, 0.1) is 0 Å². The molecule has 0 amide bonds. The van der Waals surface area contributed by atoms with Crippen molar-refractivity contribution in [3.05, 3.63) is 0 Å². The Morgan fingerprint density at radius 3 is 1.08 bits per heavy atom. The summed E-state index contributed by atoms with van der Waals surface area (Å²) >= 11 is 0. The minimum absolute atomic E-state index is 0.105. The molecule has 0 aromatic carbocycles. The summed E-state index contributed by atoms with van der Waals surface area (Å²) in [7, 11) is -5.11. The van der Waals surface area contributed by atoms with E-state index in [4.69, 9.17) is 18.5 Å². The first-order valence-electron chi connectivity index (χ1n) is 24.8. The second-order valence-electron chi connectivity index (χ2n) is 17.7. The van der Waals surface area contributed by atoms with Crippen molar-refractivity contribution in [2.45, 2.75) is 275 Å². The number of phosphoric ester groups is 1. The SMILES string of the molecule is CCCCCCCCCCCCCCCCCCCC(=O)O[C@H](COC(=O)CCCCCCCCCCCCCCCCC)COP(=O)(O)OC1C(O)C(O)C(O)[C@@H](O)C1O. The van der Waals surface area contributed by atoms with E-state index >= 15 is 0 Å². The minimum atomic E-state index is -5.11. The zero-order valence-electron chi connectivity index (χ0n) is 38.5. The molecule has 6 N–H and O–H groups in total. The molecule has 14 heteroatoms. The molecule has 0 aromatic heterocycles. The summed E-state index contributed by atoms with van der Waals surface area (Å²) in [6.07, 6.45) is 25.8. The molecule has 1 fully saturated rings. The molecule has 0 saturated heterocycles. The van der Waals surface area contributed by atoms with Gasteiger partial charge in [0, 0.05) is 12.8 Å². The molecule has 13 nitrogen and oxygen atoms in total. The zero-order valence-corrected chi connectivity index (χ0v) is 39.4. The first-order chi connectivity index (χ1) is 29.4. The Morgan fingerprint density at radius 2 is 0.738 bits per heavy atom. The van der Waals surface area contributed by atoms with Crippen LogP contribution in [0.2, 0.25) is 0 Å². The maximum Gasteiger partial charge on any atom is 0.472 e. The highest BCUT2D eigenvalue weighted by Gasteiger charge is 2.51. The number of esters is 2. The van der Waals surface area contributed by atoms with E-state index in [0.717, 1.165) is 38.5 Å². The first-order valence-corrected chi connectivity index (χ1v) is 26.3. The quantitative estimate of drug-likeness (QED) is 0.0192. The fraction of sp³-hybridized carbons (Fsp3) is 0.957. The van der Waals surface area contributed by atoms with Crippen LogP contribution >= 0.6 is 7.82 Å². The van der Waals surface area contributed by atoms with Crippen LogP contribution in [0.5, 0.6) is 0 Å². The van der Waals surface area contributed by atoms with Gasteiger partial charge in [-0.15, -0.1) is 0 Å². The number of hydrogen-bond acceptors (Lipinski definition) is 12. The third-order valence-corrected chi connectivity index (χ3v) is 12.9. The van der Waals surface area contributed by atoms with Gasteiger partial charge in [-0.05, 0) is 12.8 Å². The van der Waals surface area contributed by atoms with Gasteiger partial charge in [-0.1, -0.05) is 206 Å². The smallest absolute Gasteiger partial charge is 0.462 e. The molecule has 0 aromatic rings. The van der Waals surface area contributed by atoms with Crippen LogP contribution in [-0.4, -0.2) is 98.3 Å². The maximum atomic E-state index is 12.8. The van der Waals surface area contributed by atoms with Crippen molar-refractivity contribution in [1.29, 1.82) is 0 Å². The molecule has 6 unspecified atom stereocenters. The van der Waals surface area contributed by atoms with Crippen molar-refractivity contribution in [2.24, 2.45) is 0 Å². The standard InChI is InChI=1S/C47H91O13P/c1-3-5-7-9-11-13-15-17-19-20-22-24-26-28-30-32-34-36-41(49)59-39(38-58-61(55,56)60-47-45(53)43(51)42(50)44(52)46(47)54)37-57-40(48)35-33-31-29-27-25-23-21-18-16-14-12-10-8-6-4-2/h39,42-47,50-54H,3-38H2,1-2H3,(H,55,56)/t39-,42?,43-,44?,45?,46?,47?/m1/s1. The summed E-state index contributed by atoms with van der Waals surface area (Å²) in [5, 5.41) is 50.2. The third kappa shape index (κ3) is 30.6. The van der Waals surface area contributed by atoms with Crippen molar-refractivity contribution in [3.8, 4) is 0 Å². The van der Waals surface area contributed by atoms with Gasteiger partial charge in [-0.3, -0.25) is 18.6 Å². The minimum Gasteiger partial charge on any atom is -0.462 e. The van der Waals surface area contributed by atoms with Gasteiger partial charge < -0.3 is 39.9 Å². The number of aliphatic hydroxyl groups is 5. The lowest BCUT2D eigenvalue weighted by Gasteiger charge is -2.41. The molecule has 1 aliphatic rings. The second kappa shape index (κ2) is 38.2. The van der Waals surface area contributed by atoms with E-state index in [1.54, 1.807) is 0 Å². The summed E-state index contributed by atoms with van der Waals surface area (Å²) in [6.45, 7) is 3.34. The van der Waals surface area contributed by atoms with E-state index in [1.165, 1.54) is 154 Å². The number of carbonyl (C=O) groups excluding carboxylic acids is 2. The van der Waals surface area contributed by atoms with Gasteiger partial charge in [0.2, 0.25) is 0 Å². The Hall–Kier alpha value is -1.15. The fourth-order valence-corrected chi connectivity index (χ4v) is 8.91. The molecule has 8 atom stereocenters. The predicted molar refractivity (Wildman–Crippen MR) is 240 cm³/mol. The lowest BCUT2D eigenvalue weighted by atomic mass is 9.85. The van der Waals surface area contributed by atoms with Gasteiger partial charge in [0.1, 0.15) is 43.2 Å². The van der Waals surface area contributed by atoms with E-state index in [-0.39, 0.29) is 12.8 Å². The molecule has 1 rings (SSSR count). The Labute approximate surface area is 370 Å². The molecular weight excluding hydrogens is 803 g/mol. The van der Waals surface area contributed by atoms with Gasteiger partial charge in [0.15, 0.2) is 6.10 Å². The van der Waals surface area contributed by atoms with Crippen LogP contribution in [-0.2, 0) is 32.7 Å². The van der Waals surface area contributed by atoms with Crippen molar-refractivity contribution in [2.75, 3.05) is 13.2 Å². The van der Waals surface area contributed by atoms with Crippen molar-refractivity contribution in [3.63, 3.8) is 0 Å². The molecule has 1 saturated carbocycles. The summed E-state index contributed by atoms with van der Waals surface area (Å²) in [5.74, 6) is -1.08. The number of hydrogen-bond donors (Lipinski definition) is 6. The van der Waals surface area contributed by atoms with Gasteiger partial charge in [0.25, 0.3) is 0 Å². The summed E-state index contributed by atoms with van der Waals surface area (Å²) in [5.41, 5.74) is 0. The number of aliphatic hydroxyl groups excluding tert-OH is 5. The van der Waals surface area contributed by atoms with Gasteiger partial charge in [-0.25, -0.2) is 4.57 Å². The van der Waals surface area contributed by atoms with Gasteiger partial charge in [0.05, 0.1) is 6.61 Å². The normalized spacial score (nSPS) is 21.9. The summed E-state index contributed by atoms with van der Waals surface area (Å²) in [4.78, 5) is 35.8. The van der Waals surface area contributed by atoms with Gasteiger partial charge >= 0.3 is 19.8 Å². The Morgan fingerprint density at radius 1 is 0.443 bits per heavy atom. The molecular formula is C47H91O13P. The van der Waals surface area contributed by atoms with Gasteiger partial charge in [-0.2, -0.15) is 0 Å². The number of phosphoric acid groups is 1. The molecule has 0 radical (unpaired) electrons. The molecule has 61 heavy (non-hydrogen) atoms. The highest BCUT2D eigenvalue weighted by atomic mass is 31.2. The largest absolute Gasteiger partial charge is 0.472 e. The first kappa shape index (κ1) is 57.9. The summed E-state index contributed by atoms with van der Waals surface area (Å²) in [6, 6.07) is 0. The fourth-order valence-electron chi connectivity index (χ4n) is 7.94. The van der Waals surface area contributed by atoms with E-state index in [9.17, 15) is 44.6 Å². The average molecular weight is 895 g/mol. The molecule has 362 valence electrons. The number of carbonyl (C=O) groups is 2. The second-order valence-corrected chi connectivity index (χ2v) is 19.1. The highest BCUT2D eigenvalue weighted by molar-refractivity contribution is 7.47. The monoisotopic (exact) mass is 895 g/mol. The Kier molecular flexibility index (Phi) is 36.2. The maximum absolute atomic E-state index is 12.8. The van der Waals surface area contributed by atoms with Crippen molar-refractivity contribution in [1.82, 2.24) is 0 Å².